The zero-order valence-corrected chi connectivity index (χ0v) is 13.1. The van der Waals surface area contributed by atoms with E-state index in [1.54, 1.807) is 30.3 Å². The summed E-state index contributed by atoms with van der Waals surface area (Å²) >= 11 is 5.97. The lowest BCUT2D eigenvalue weighted by Gasteiger charge is -2.17. The van der Waals surface area contributed by atoms with E-state index in [0.717, 1.165) is 11.3 Å². The number of nitrogens with zero attached hydrogens (tertiary/aromatic N) is 1. The summed E-state index contributed by atoms with van der Waals surface area (Å²) in [5.41, 5.74) is 2.23. The van der Waals surface area contributed by atoms with Crippen LogP contribution in [0.4, 0.5) is 15.8 Å². The van der Waals surface area contributed by atoms with Gasteiger partial charge in [0.1, 0.15) is 5.82 Å². The SMILES string of the molecule is CN(C)c1ccc(Cl)cc1NC(=O)/C=C/c1ccc(F)cc1. The van der Waals surface area contributed by atoms with Crippen molar-refractivity contribution in [3.05, 3.63) is 64.9 Å². The molecule has 0 unspecified atom stereocenters. The second kappa shape index (κ2) is 7.09. The molecule has 3 nitrogen and oxygen atoms in total. The predicted molar refractivity (Wildman–Crippen MR) is 89.8 cm³/mol. The summed E-state index contributed by atoms with van der Waals surface area (Å²) in [6.45, 7) is 0. The lowest BCUT2D eigenvalue weighted by atomic mass is 10.2. The Balaban J connectivity index is 2.12. The van der Waals surface area contributed by atoms with Gasteiger partial charge in [-0.3, -0.25) is 4.79 Å². The highest BCUT2D eigenvalue weighted by molar-refractivity contribution is 6.31. The van der Waals surface area contributed by atoms with Gasteiger partial charge in [-0.2, -0.15) is 0 Å². The molecule has 0 saturated carbocycles. The quantitative estimate of drug-likeness (QED) is 0.857. The third kappa shape index (κ3) is 4.33. The number of rotatable bonds is 4. The van der Waals surface area contributed by atoms with Gasteiger partial charge < -0.3 is 10.2 Å². The number of carbonyl (C=O) groups is 1. The molecule has 5 heteroatoms. The molecule has 2 aromatic rings. The standard InChI is InChI=1S/C17H16ClFN2O/c1-21(2)16-9-6-13(18)11-15(16)20-17(22)10-5-12-3-7-14(19)8-4-12/h3-11H,1-2H3,(H,20,22)/b10-5+. The molecule has 0 radical (unpaired) electrons. The highest BCUT2D eigenvalue weighted by atomic mass is 35.5. The Hall–Kier alpha value is -2.33. The topological polar surface area (TPSA) is 32.3 Å². The van der Waals surface area contributed by atoms with Gasteiger partial charge in [0.2, 0.25) is 5.91 Å². The molecule has 0 atom stereocenters. The first-order valence-corrected chi connectivity index (χ1v) is 7.05. The van der Waals surface area contributed by atoms with Crippen molar-refractivity contribution in [1.82, 2.24) is 0 Å². The van der Waals surface area contributed by atoms with Crippen molar-refractivity contribution < 1.29 is 9.18 Å². The minimum atomic E-state index is -0.309. The highest BCUT2D eigenvalue weighted by Crippen LogP contribution is 2.27. The van der Waals surface area contributed by atoms with Crippen molar-refractivity contribution >= 4 is 35.0 Å². The highest BCUT2D eigenvalue weighted by Gasteiger charge is 2.07. The van der Waals surface area contributed by atoms with Crippen molar-refractivity contribution in [1.29, 1.82) is 0 Å². The second-order valence-corrected chi connectivity index (χ2v) is 5.37. The van der Waals surface area contributed by atoms with Crippen LogP contribution in [0.5, 0.6) is 0 Å². The van der Waals surface area contributed by atoms with Gasteiger partial charge in [0.25, 0.3) is 0 Å². The van der Waals surface area contributed by atoms with E-state index in [9.17, 15) is 9.18 Å². The van der Waals surface area contributed by atoms with Crippen molar-refractivity contribution in [2.24, 2.45) is 0 Å². The molecule has 0 heterocycles. The average Bonchev–Trinajstić information content (AvgIpc) is 2.46. The van der Waals surface area contributed by atoms with Crippen LogP contribution in [0, 0.1) is 5.82 Å². The number of nitrogens with one attached hydrogen (secondary N) is 1. The van der Waals surface area contributed by atoms with Crippen LogP contribution in [0.3, 0.4) is 0 Å². The van der Waals surface area contributed by atoms with E-state index >= 15 is 0 Å². The Bertz CT molecular complexity index is 696. The number of anilines is 2. The van der Waals surface area contributed by atoms with Crippen LogP contribution in [0.15, 0.2) is 48.5 Å². The summed E-state index contributed by atoms with van der Waals surface area (Å²) in [5.74, 6) is -0.592. The summed E-state index contributed by atoms with van der Waals surface area (Å²) in [4.78, 5) is 13.9. The van der Waals surface area contributed by atoms with Gasteiger partial charge in [0.15, 0.2) is 0 Å². The molecule has 1 N–H and O–H groups in total. The van der Waals surface area contributed by atoms with Gasteiger partial charge in [-0.05, 0) is 42.0 Å². The Morgan fingerprint density at radius 1 is 1.18 bits per heavy atom. The van der Waals surface area contributed by atoms with Crippen LogP contribution in [-0.4, -0.2) is 20.0 Å². The van der Waals surface area contributed by atoms with Crippen molar-refractivity contribution in [2.75, 3.05) is 24.3 Å². The molecule has 1 amide bonds. The molecule has 0 spiro atoms. The first-order valence-electron chi connectivity index (χ1n) is 6.67. The molecule has 0 saturated heterocycles. The summed E-state index contributed by atoms with van der Waals surface area (Å²) in [5, 5.41) is 3.33. The fourth-order valence-electron chi connectivity index (χ4n) is 1.92. The van der Waals surface area contributed by atoms with E-state index in [4.69, 9.17) is 11.6 Å². The Kier molecular flexibility index (Phi) is 5.17. The summed E-state index contributed by atoms with van der Waals surface area (Å²) in [7, 11) is 3.76. The lowest BCUT2D eigenvalue weighted by Crippen LogP contribution is -2.15. The molecule has 0 bridgehead atoms. The normalized spacial score (nSPS) is 10.7. The molecule has 0 aliphatic rings. The maximum Gasteiger partial charge on any atom is 0.248 e. The van der Waals surface area contributed by atoms with E-state index in [1.807, 2.05) is 25.1 Å². The van der Waals surface area contributed by atoms with E-state index in [-0.39, 0.29) is 11.7 Å². The number of halogens is 2. The summed E-state index contributed by atoms with van der Waals surface area (Å²) < 4.78 is 12.8. The van der Waals surface area contributed by atoms with Gasteiger partial charge in [-0.1, -0.05) is 23.7 Å². The van der Waals surface area contributed by atoms with Gasteiger partial charge in [-0.25, -0.2) is 4.39 Å². The second-order valence-electron chi connectivity index (χ2n) is 4.93. The van der Waals surface area contributed by atoms with Crippen LogP contribution < -0.4 is 10.2 Å². The Labute approximate surface area is 134 Å². The molecular weight excluding hydrogens is 303 g/mol. The zero-order chi connectivity index (χ0) is 16.1. The number of hydrogen-bond donors (Lipinski definition) is 1. The van der Waals surface area contributed by atoms with Crippen LogP contribution in [-0.2, 0) is 4.79 Å². The van der Waals surface area contributed by atoms with Crippen LogP contribution >= 0.6 is 11.6 Å². The number of amides is 1. The first kappa shape index (κ1) is 16.0. The fourth-order valence-corrected chi connectivity index (χ4v) is 2.09. The maximum absolute atomic E-state index is 12.8. The lowest BCUT2D eigenvalue weighted by molar-refractivity contribution is -0.111. The number of benzene rings is 2. The molecule has 2 aromatic carbocycles. The van der Waals surface area contributed by atoms with Gasteiger partial charge in [0.05, 0.1) is 11.4 Å². The molecule has 22 heavy (non-hydrogen) atoms. The van der Waals surface area contributed by atoms with E-state index < -0.39 is 0 Å². The van der Waals surface area contributed by atoms with Gasteiger partial charge >= 0.3 is 0 Å². The zero-order valence-electron chi connectivity index (χ0n) is 12.3. The van der Waals surface area contributed by atoms with Gasteiger partial charge in [0, 0.05) is 25.2 Å². The molecule has 0 aromatic heterocycles. The number of carbonyl (C=O) groups excluding carboxylic acids is 1. The minimum absolute atomic E-state index is 0.283. The molecule has 0 fully saturated rings. The molecule has 114 valence electrons. The number of hydrogen-bond acceptors (Lipinski definition) is 2. The van der Waals surface area contributed by atoms with Crippen LogP contribution in [0.25, 0.3) is 6.08 Å². The fraction of sp³-hybridized carbons (Fsp3) is 0.118. The van der Waals surface area contributed by atoms with E-state index in [2.05, 4.69) is 5.32 Å². The van der Waals surface area contributed by atoms with Crippen molar-refractivity contribution in [2.45, 2.75) is 0 Å². The van der Waals surface area contributed by atoms with E-state index in [1.165, 1.54) is 18.2 Å². The summed E-state index contributed by atoms with van der Waals surface area (Å²) in [6.07, 6.45) is 3.02. The van der Waals surface area contributed by atoms with Crippen LogP contribution in [0.1, 0.15) is 5.56 Å². The van der Waals surface area contributed by atoms with Gasteiger partial charge in [-0.15, -0.1) is 0 Å². The Morgan fingerprint density at radius 2 is 1.86 bits per heavy atom. The van der Waals surface area contributed by atoms with E-state index in [0.29, 0.717) is 10.7 Å². The molecule has 0 aliphatic heterocycles. The van der Waals surface area contributed by atoms with Crippen molar-refractivity contribution in [3.63, 3.8) is 0 Å². The third-order valence-corrected chi connectivity index (χ3v) is 3.23. The third-order valence-electron chi connectivity index (χ3n) is 3.00. The van der Waals surface area contributed by atoms with Crippen molar-refractivity contribution in [3.8, 4) is 0 Å². The largest absolute Gasteiger partial charge is 0.376 e. The maximum atomic E-state index is 12.8. The predicted octanol–water partition coefficient (Wildman–Crippen LogP) is 4.20. The average molecular weight is 319 g/mol. The molecule has 2 rings (SSSR count). The summed E-state index contributed by atoms with van der Waals surface area (Å²) in [6, 6.07) is 11.2. The first-order chi connectivity index (χ1) is 10.5. The van der Waals surface area contributed by atoms with Crippen LogP contribution in [0.2, 0.25) is 5.02 Å². The molecule has 0 aliphatic carbocycles. The Morgan fingerprint density at radius 3 is 2.50 bits per heavy atom. The minimum Gasteiger partial charge on any atom is -0.376 e. The smallest absolute Gasteiger partial charge is 0.248 e. The monoisotopic (exact) mass is 318 g/mol. The molecular formula is C17H16ClFN2O.